The molecule has 3 nitrogen and oxygen atoms in total. The van der Waals surface area contributed by atoms with Crippen LogP contribution in [0.4, 0.5) is 0 Å². The molecule has 0 aromatic carbocycles. The van der Waals surface area contributed by atoms with Crippen LogP contribution in [0.3, 0.4) is 0 Å². The Balaban J connectivity index is 1.87. The van der Waals surface area contributed by atoms with E-state index in [2.05, 4.69) is 53.2 Å². The Morgan fingerprint density at radius 3 is 2.76 bits per heavy atom. The van der Waals surface area contributed by atoms with Crippen LogP contribution in [0.1, 0.15) is 13.3 Å². The van der Waals surface area contributed by atoms with Gasteiger partial charge in [0, 0.05) is 44.9 Å². The summed E-state index contributed by atoms with van der Waals surface area (Å²) in [6, 6.07) is 0. The summed E-state index contributed by atoms with van der Waals surface area (Å²) in [7, 11) is 2.19. The Morgan fingerprint density at radius 2 is 2.06 bits per heavy atom. The van der Waals surface area contributed by atoms with Gasteiger partial charge in [-0.15, -0.1) is 0 Å². The summed E-state index contributed by atoms with van der Waals surface area (Å²) in [4.78, 5) is 9.48. The van der Waals surface area contributed by atoms with Gasteiger partial charge in [0.2, 0.25) is 0 Å². The van der Waals surface area contributed by atoms with Gasteiger partial charge < -0.3 is 4.90 Å². The number of hydrogen-bond acceptors (Lipinski definition) is 3. The van der Waals surface area contributed by atoms with Crippen molar-refractivity contribution in [3.05, 3.63) is 23.9 Å². The van der Waals surface area contributed by atoms with Crippen LogP contribution >= 0.6 is 0 Å². The van der Waals surface area contributed by atoms with Crippen molar-refractivity contribution < 1.29 is 0 Å². The second-order valence-corrected chi connectivity index (χ2v) is 4.97. The van der Waals surface area contributed by atoms with Crippen molar-refractivity contribution in [1.82, 2.24) is 9.80 Å². The minimum Gasteiger partial charge on any atom is -0.304 e. The number of aliphatic imine (C=N–C) groups is 1. The molecule has 0 aromatic heterocycles. The lowest BCUT2D eigenvalue weighted by Gasteiger charge is -2.32. The summed E-state index contributed by atoms with van der Waals surface area (Å²) in [5.74, 6) is 0.510. The van der Waals surface area contributed by atoms with E-state index in [0.717, 1.165) is 26.1 Å². The molecule has 0 amide bonds. The fraction of sp³-hybridized carbons (Fsp3) is 0.643. The van der Waals surface area contributed by atoms with Crippen LogP contribution in [0.2, 0.25) is 0 Å². The molecule has 17 heavy (non-hydrogen) atoms. The third-order valence-corrected chi connectivity index (χ3v) is 3.53. The van der Waals surface area contributed by atoms with Crippen molar-refractivity contribution in [2.75, 3.05) is 39.8 Å². The van der Waals surface area contributed by atoms with Crippen molar-refractivity contribution in [2.24, 2.45) is 10.9 Å². The molecule has 2 aliphatic rings. The van der Waals surface area contributed by atoms with Gasteiger partial charge in [0.1, 0.15) is 0 Å². The molecule has 0 spiro atoms. The summed E-state index contributed by atoms with van der Waals surface area (Å²) in [5, 5.41) is 0. The summed E-state index contributed by atoms with van der Waals surface area (Å²) < 4.78 is 0. The molecule has 1 fully saturated rings. The van der Waals surface area contributed by atoms with E-state index >= 15 is 0 Å². The Labute approximate surface area is 105 Å². The lowest BCUT2D eigenvalue weighted by Crippen LogP contribution is -2.44. The zero-order chi connectivity index (χ0) is 12.1. The molecule has 2 rings (SSSR count). The minimum absolute atomic E-state index is 0.510. The fourth-order valence-corrected chi connectivity index (χ4v) is 2.16. The smallest absolute Gasteiger partial charge is 0.0540 e. The number of likely N-dealkylation sites (N-methyl/N-ethyl adjacent to an activating group) is 1. The standard InChI is InChI=1S/C14H23N3/c1-3-13-5-4-6-14(15-11-13)12-17-9-7-16(2)8-10-17/h4-6,11,13H,3,7-10,12H2,1-2H3. The summed E-state index contributed by atoms with van der Waals surface area (Å²) in [5.41, 5.74) is 1.20. The quantitative estimate of drug-likeness (QED) is 0.740. The first kappa shape index (κ1) is 12.5. The maximum absolute atomic E-state index is 4.61. The molecule has 0 N–H and O–H groups in total. The highest BCUT2D eigenvalue weighted by atomic mass is 15.2. The van der Waals surface area contributed by atoms with Crippen molar-refractivity contribution in [3.8, 4) is 0 Å². The van der Waals surface area contributed by atoms with Gasteiger partial charge in [-0.2, -0.15) is 0 Å². The number of piperazine rings is 1. The predicted molar refractivity (Wildman–Crippen MR) is 73.4 cm³/mol. The molecule has 2 aliphatic heterocycles. The molecule has 0 saturated carbocycles. The molecule has 94 valence electrons. The van der Waals surface area contributed by atoms with Crippen molar-refractivity contribution in [3.63, 3.8) is 0 Å². The summed E-state index contributed by atoms with van der Waals surface area (Å²) >= 11 is 0. The first-order valence-electron chi connectivity index (χ1n) is 6.60. The first-order chi connectivity index (χ1) is 8.28. The molecule has 0 aromatic rings. The van der Waals surface area contributed by atoms with Gasteiger partial charge in [0.25, 0.3) is 0 Å². The normalized spacial score (nSPS) is 26.9. The Bertz CT molecular complexity index is 322. The second kappa shape index (κ2) is 6.12. The molecule has 2 heterocycles. The summed E-state index contributed by atoms with van der Waals surface area (Å²) in [6.45, 7) is 7.85. The zero-order valence-electron chi connectivity index (χ0n) is 11.0. The lowest BCUT2D eigenvalue weighted by atomic mass is 10.1. The first-order valence-corrected chi connectivity index (χ1v) is 6.60. The van der Waals surface area contributed by atoms with Gasteiger partial charge in [-0.1, -0.05) is 19.1 Å². The predicted octanol–water partition coefficient (Wildman–Crippen LogP) is 1.78. The highest BCUT2D eigenvalue weighted by molar-refractivity contribution is 5.65. The minimum atomic E-state index is 0.510. The topological polar surface area (TPSA) is 18.8 Å². The van der Waals surface area contributed by atoms with Crippen LogP contribution in [0, 0.1) is 5.92 Å². The molecule has 1 atom stereocenters. The van der Waals surface area contributed by atoms with Crippen LogP contribution in [0.15, 0.2) is 28.9 Å². The third kappa shape index (κ3) is 3.79. The average molecular weight is 233 g/mol. The highest BCUT2D eigenvalue weighted by Crippen LogP contribution is 2.11. The van der Waals surface area contributed by atoms with Gasteiger partial charge in [-0.05, 0) is 19.5 Å². The number of allylic oxidation sites excluding steroid dienone is 3. The maximum Gasteiger partial charge on any atom is 0.0540 e. The average Bonchev–Trinajstić information content (AvgIpc) is 2.57. The van der Waals surface area contributed by atoms with E-state index in [0.29, 0.717) is 5.92 Å². The highest BCUT2D eigenvalue weighted by Gasteiger charge is 2.14. The van der Waals surface area contributed by atoms with E-state index < -0.39 is 0 Å². The zero-order valence-corrected chi connectivity index (χ0v) is 11.0. The maximum atomic E-state index is 4.61. The van der Waals surface area contributed by atoms with Crippen LogP contribution in [-0.4, -0.2) is 55.8 Å². The van der Waals surface area contributed by atoms with Gasteiger partial charge in [0.15, 0.2) is 0 Å². The molecule has 1 unspecified atom stereocenters. The summed E-state index contributed by atoms with van der Waals surface area (Å²) in [6.07, 6.45) is 9.78. The van der Waals surface area contributed by atoms with Crippen molar-refractivity contribution >= 4 is 6.21 Å². The molecular formula is C14H23N3. The molecule has 0 bridgehead atoms. The Morgan fingerprint density at radius 1 is 1.29 bits per heavy atom. The SMILES string of the molecule is CCC1C=CC=C(CN2CCN(C)CC2)N=C1. The number of nitrogens with zero attached hydrogens (tertiary/aromatic N) is 3. The van der Waals surface area contributed by atoms with Crippen LogP contribution < -0.4 is 0 Å². The fourth-order valence-electron chi connectivity index (χ4n) is 2.16. The van der Waals surface area contributed by atoms with E-state index in [1.54, 1.807) is 0 Å². The molecular weight excluding hydrogens is 210 g/mol. The van der Waals surface area contributed by atoms with Crippen molar-refractivity contribution in [1.29, 1.82) is 0 Å². The van der Waals surface area contributed by atoms with E-state index in [9.17, 15) is 0 Å². The molecule has 3 heteroatoms. The second-order valence-electron chi connectivity index (χ2n) is 4.97. The van der Waals surface area contributed by atoms with Gasteiger partial charge in [0.05, 0.1) is 5.70 Å². The number of rotatable bonds is 3. The lowest BCUT2D eigenvalue weighted by molar-refractivity contribution is 0.163. The molecule has 0 radical (unpaired) electrons. The van der Waals surface area contributed by atoms with Gasteiger partial charge >= 0.3 is 0 Å². The monoisotopic (exact) mass is 233 g/mol. The Hall–Kier alpha value is -0.930. The van der Waals surface area contributed by atoms with Crippen LogP contribution in [0.5, 0.6) is 0 Å². The third-order valence-electron chi connectivity index (χ3n) is 3.53. The van der Waals surface area contributed by atoms with E-state index in [1.807, 2.05) is 0 Å². The van der Waals surface area contributed by atoms with Crippen LogP contribution in [0.25, 0.3) is 0 Å². The Kier molecular flexibility index (Phi) is 4.51. The molecule has 1 saturated heterocycles. The van der Waals surface area contributed by atoms with Gasteiger partial charge in [-0.3, -0.25) is 9.89 Å². The van der Waals surface area contributed by atoms with E-state index in [1.165, 1.54) is 18.8 Å². The van der Waals surface area contributed by atoms with E-state index in [4.69, 9.17) is 0 Å². The number of hydrogen-bond donors (Lipinski definition) is 0. The molecule has 0 aliphatic carbocycles. The largest absolute Gasteiger partial charge is 0.304 e. The van der Waals surface area contributed by atoms with Crippen molar-refractivity contribution in [2.45, 2.75) is 13.3 Å². The van der Waals surface area contributed by atoms with Crippen LogP contribution in [-0.2, 0) is 0 Å². The van der Waals surface area contributed by atoms with Gasteiger partial charge in [-0.25, -0.2) is 0 Å². The van der Waals surface area contributed by atoms with E-state index in [-0.39, 0.29) is 0 Å².